The number of hydrogen-bond acceptors (Lipinski definition) is 2. The van der Waals surface area contributed by atoms with Gasteiger partial charge in [0.05, 0.1) is 5.92 Å². The van der Waals surface area contributed by atoms with Crippen molar-refractivity contribution in [1.82, 2.24) is 5.32 Å². The van der Waals surface area contributed by atoms with Crippen molar-refractivity contribution in [3.8, 4) is 0 Å². The Kier molecular flexibility index (Phi) is 2.81. The molecular weight excluding hydrogens is 202 g/mol. The second-order valence-corrected chi connectivity index (χ2v) is 6.27. The number of carbonyl (C=O) groups is 2. The van der Waals surface area contributed by atoms with Crippen molar-refractivity contribution in [3.05, 3.63) is 0 Å². The summed E-state index contributed by atoms with van der Waals surface area (Å²) in [6, 6.07) is 0. The molecule has 0 radical (unpaired) electrons. The Hall–Kier alpha value is -0.860. The minimum absolute atomic E-state index is 0.0402. The van der Waals surface area contributed by atoms with Gasteiger partial charge in [0.2, 0.25) is 11.8 Å². The summed E-state index contributed by atoms with van der Waals surface area (Å²) in [5.74, 6) is 0.761. The zero-order chi connectivity index (χ0) is 11.9. The molecule has 2 rings (SSSR count). The number of nitrogens with one attached hydrogen (secondary N) is 1. The number of rotatable bonds is 1. The maximum absolute atomic E-state index is 11.7. The molecule has 0 bridgehead atoms. The first-order chi connectivity index (χ1) is 7.39. The molecule has 1 N–H and O–H groups in total. The lowest BCUT2D eigenvalue weighted by Gasteiger charge is -2.40. The third kappa shape index (κ3) is 2.13. The van der Waals surface area contributed by atoms with Gasteiger partial charge in [-0.05, 0) is 36.5 Å². The first-order valence-corrected chi connectivity index (χ1v) is 6.23. The predicted octanol–water partition coefficient (Wildman–Crippen LogP) is 2.11. The van der Waals surface area contributed by atoms with Gasteiger partial charge in [0, 0.05) is 6.42 Å². The summed E-state index contributed by atoms with van der Waals surface area (Å²) >= 11 is 0. The van der Waals surface area contributed by atoms with Crippen LogP contribution in [0.15, 0.2) is 0 Å². The van der Waals surface area contributed by atoms with Gasteiger partial charge in [-0.2, -0.15) is 0 Å². The Balaban J connectivity index is 2.06. The van der Waals surface area contributed by atoms with Crippen LogP contribution in [0.1, 0.15) is 46.5 Å². The molecule has 1 saturated heterocycles. The van der Waals surface area contributed by atoms with E-state index >= 15 is 0 Å². The van der Waals surface area contributed by atoms with Crippen LogP contribution in [0.2, 0.25) is 0 Å². The number of carbonyl (C=O) groups excluding carboxylic acids is 2. The smallest absolute Gasteiger partial charge is 0.230 e. The highest BCUT2D eigenvalue weighted by Crippen LogP contribution is 2.45. The number of imide groups is 1. The van der Waals surface area contributed by atoms with Gasteiger partial charge in [0.1, 0.15) is 0 Å². The number of hydrogen-bond donors (Lipinski definition) is 1. The number of amides is 2. The molecule has 1 aliphatic heterocycles. The molecule has 2 fully saturated rings. The Labute approximate surface area is 97.0 Å². The van der Waals surface area contributed by atoms with Gasteiger partial charge in [-0.3, -0.25) is 14.9 Å². The third-order valence-corrected chi connectivity index (χ3v) is 4.28. The van der Waals surface area contributed by atoms with Crippen LogP contribution in [-0.4, -0.2) is 11.8 Å². The minimum atomic E-state index is -0.0907. The van der Waals surface area contributed by atoms with Crippen molar-refractivity contribution >= 4 is 11.8 Å². The van der Waals surface area contributed by atoms with Crippen molar-refractivity contribution in [1.29, 1.82) is 0 Å². The fourth-order valence-electron chi connectivity index (χ4n) is 3.48. The molecule has 0 spiro atoms. The highest BCUT2D eigenvalue weighted by Gasteiger charge is 2.42. The van der Waals surface area contributed by atoms with E-state index in [-0.39, 0.29) is 17.7 Å². The Bertz CT molecular complexity index is 322. The summed E-state index contributed by atoms with van der Waals surface area (Å²) in [4.78, 5) is 22.9. The Morgan fingerprint density at radius 3 is 2.50 bits per heavy atom. The summed E-state index contributed by atoms with van der Waals surface area (Å²) in [5, 5.41) is 2.43. The molecule has 16 heavy (non-hydrogen) atoms. The molecule has 1 heterocycles. The first kappa shape index (κ1) is 11.6. The summed E-state index contributed by atoms with van der Waals surface area (Å²) in [6.45, 7) is 6.81. The van der Waals surface area contributed by atoms with Crippen LogP contribution in [0.4, 0.5) is 0 Å². The van der Waals surface area contributed by atoms with Gasteiger partial charge < -0.3 is 0 Å². The van der Waals surface area contributed by atoms with Crippen molar-refractivity contribution in [2.24, 2.45) is 23.2 Å². The van der Waals surface area contributed by atoms with Crippen molar-refractivity contribution in [2.75, 3.05) is 0 Å². The van der Waals surface area contributed by atoms with E-state index in [9.17, 15) is 9.59 Å². The zero-order valence-electron chi connectivity index (χ0n) is 10.4. The molecule has 90 valence electrons. The van der Waals surface area contributed by atoms with Crippen LogP contribution in [-0.2, 0) is 9.59 Å². The first-order valence-electron chi connectivity index (χ1n) is 6.23. The fourth-order valence-corrected chi connectivity index (χ4v) is 3.48. The van der Waals surface area contributed by atoms with Crippen molar-refractivity contribution < 1.29 is 9.59 Å². The lowest BCUT2D eigenvalue weighted by atomic mass is 9.64. The van der Waals surface area contributed by atoms with Gasteiger partial charge in [-0.1, -0.05) is 20.8 Å². The topological polar surface area (TPSA) is 46.2 Å². The molecule has 3 nitrogen and oxygen atoms in total. The van der Waals surface area contributed by atoms with Gasteiger partial charge >= 0.3 is 0 Å². The lowest BCUT2D eigenvalue weighted by Crippen LogP contribution is -2.35. The molecule has 1 saturated carbocycles. The maximum Gasteiger partial charge on any atom is 0.230 e. The SMILES string of the molecule is CC1CC(C)(C)CCC1C1CC(=O)NC1=O. The normalized spacial score (nSPS) is 38.6. The van der Waals surface area contributed by atoms with E-state index in [0.29, 0.717) is 23.7 Å². The van der Waals surface area contributed by atoms with Gasteiger partial charge in [-0.15, -0.1) is 0 Å². The molecule has 3 heteroatoms. The molecule has 1 aliphatic carbocycles. The van der Waals surface area contributed by atoms with E-state index in [0.717, 1.165) is 12.8 Å². The van der Waals surface area contributed by atoms with Crippen molar-refractivity contribution in [3.63, 3.8) is 0 Å². The largest absolute Gasteiger partial charge is 0.296 e. The van der Waals surface area contributed by atoms with Crippen LogP contribution in [0.5, 0.6) is 0 Å². The van der Waals surface area contributed by atoms with Crippen LogP contribution >= 0.6 is 0 Å². The average Bonchev–Trinajstić information content (AvgIpc) is 2.43. The second-order valence-electron chi connectivity index (χ2n) is 6.27. The Morgan fingerprint density at radius 2 is 2.00 bits per heavy atom. The average molecular weight is 223 g/mol. The lowest BCUT2D eigenvalue weighted by molar-refractivity contribution is -0.127. The molecule has 2 amide bonds. The molecule has 3 atom stereocenters. The maximum atomic E-state index is 11.7. The van der Waals surface area contributed by atoms with Crippen molar-refractivity contribution in [2.45, 2.75) is 46.5 Å². The Morgan fingerprint density at radius 1 is 1.31 bits per heavy atom. The fraction of sp³-hybridized carbons (Fsp3) is 0.846. The standard InChI is InChI=1S/C13H21NO2/c1-8-7-13(2,3)5-4-9(8)10-6-11(15)14-12(10)16/h8-10H,4-7H2,1-3H3,(H,14,15,16). The summed E-state index contributed by atoms with van der Waals surface area (Å²) < 4.78 is 0. The minimum Gasteiger partial charge on any atom is -0.296 e. The molecule has 0 aromatic rings. The van der Waals surface area contributed by atoms with Crippen LogP contribution < -0.4 is 5.32 Å². The van der Waals surface area contributed by atoms with E-state index in [1.54, 1.807) is 0 Å². The quantitative estimate of drug-likeness (QED) is 0.692. The summed E-state index contributed by atoms with van der Waals surface area (Å²) in [6.07, 6.45) is 3.82. The predicted molar refractivity (Wildman–Crippen MR) is 61.5 cm³/mol. The van der Waals surface area contributed by atoms with Gasteiger partial charge in [-0.25, -0.2) is 0 Å². The van der Waals surface area contributed by atoms with E-state index in [4.69, 9.17) is 0 Å². The van der Waals surface area contributed by atoms with Crippen LogP contribution in [0, 0.1) is 23.2 Å². The van der Waals surface area contributed by atoms with E-state index in [1.165, 1.54) is 6.42 Å². The highest BCUT2D eigenvalue weighted by molar-refractivity contribution is 6.03. The monoisotopic (exact) mass is 223 g/mol. The third-order valence-electron chi connectivity index (χ3n) is 4.28. The second kappa shape index (κ2) is 3.86. The highest BCUT2D eigenvalue weighted by atomic mass is 16.2. The summed E-state index contributed by atoms with van der Waals surface area (Å²) in [7, 11) is 0. The molecule has 3 unspecified atom stereocenters. The van der Waals surface area contributed by atoms with E-state index < -0.39 is 0 Å². The van der Waals surface area contributed by atoms with Crippen LogP contribution in [0.25, 0.3) is 0 Å². The van der Waals surface area contributed by atoms with Gasteiger partial charge in [0.25, 0.3) is 0 Å². The zero-order valence-corrected chi connectivity index (χ0v) is 10.4. The van der Waals surface area contributed by atoms with E-state index in [1.807, 2.05) is 0 Å². The van der Waals surface area contributed by atoms with Crippen LogP contribution in [0.3, 0.4) is 0 Å². The summed E-state index contributed by atoms with van der Waals surface area (Å²) in [5.41, 5.74) is 0.398. The molecule has 0 aromatic heterocycles. The molecule has 2 aliphatic rings. The van der Waals surface area contributed by atoms with E-state index in [2.05, 4.69) is 26.1 Å². The molecular formula is C13H21NO2. The van der Waals surface area contributed by atoms with Gasteiger partial charge in [0.15, 0.2) is 0 Å². The molecule has 0 aromatic carbocycles.